The highest BCUT2D eigenvalue weighted by atomic mass is 16.5. The van der Waals surface area contributed by atoms with Gasteiger partial charge in [0.05, 0.1) is 7.11 Å². The molecule has 0 amide bonds. The van der Waals surface area contributed by atoms with E-state index in [1.165, 1.54) is 12.0 Å². The van der Waals surface area contributed by atoms with Gasteiger partial charge in [0.2, 0.25) is 0 Å². The Labute approximate surface area is 129 Å². The molecule has 1 heterocycles. The van der Waals surface area contributed by atoms with Crippen LogP contribution >= 0.6 is 0 Å². The van der Waals surface area contributed by atoms with E-state index in [1.54, 1.807) is 7.11 Å². The fourth-order valence-electron chi connectivity index (χ4n) is 2.94. The van der Waals surface area contributed by atoms with Crippen molar-refractivity contribution in [3.05, 3.63) is 29.8 Å². The average Bonchev–Trinajstić information content (AvgIpc) is 2.49. The van der Waals surface area contributed by atoms with Gasteiger partial charge in [0.15, 0.2) is 0 Å². The molecule has 3 heteroatoms. The first-order valence-electron chi connectivity index (χ1n) is 8.07. The fourth-order valence-corrected chi connectivity index (χ4v) is 2.94. The van der Waals surface area contributed by atoms with Crippen LogP contribution in [0.4, 0.5) is 0 Å². The summed E-state index contributed by atoms with van der Waals surface area (Å²) < 4.78 is 5.24. The fraction of sp³-hybridized carbons (Fsp3) is 0.667. The summed E-state index contributed by atoms with van der Waals surface area (Å²) in [5.74, 6) is 1.65. The molecule has 1 saturated heterocycles. The number of nitrogens with one attached hydrogen (secondary N) is 1. The van der Waals surface area contributed by atoms with Crippen LogP contribution in [0, 0.1) is 5.92 Å². The van der Waals surface area contributed by atoms with Gasteiger partial charge in [-0.15, -0.1) is 0 Å². The molecular formula is C18H30N2O. The van der Waals surface area contributed by atoms with E-state index in [1.807, 2.05) is 0 Å². The minimum absolute atomic E-state index is 0.198. The van der Waals surface area contributed by atoms with E-state index in [4.69, 9.17) is 4.74 Å². The molecular weight excluding hydrogens is 260 g/mol. The van der Waals surface area contributed by atoms with Crippen LogP contribution < -0.4 is 10.1 Å². The highest BCUT2D eigenvalue weighted by molar-refractivity contribution is 5.27. The van der Waals surface area contributed by atoms with Crippen molar-refractivity contribution in [2.45, 2.75) is 52.2 Å². The normalized spacial score (nSPS) is 23.8. The number of rotatable bonds is 5. The zero-order valence-electron chi connectivity index (χ0n) is 14.1. The summed E-state index contributed by atoms with van der Waals surface area (Å²) in [5, 5.41) is 3.73. The lowest BCUT2D eigenvalue weighted by Gasteiger charge is -2.47. The summed E-state index contributed by atoms with van der Waals surface area (Å²) in [6, 6.07) is 9.05. The lowest BCUT2D eigenvalue weighted by molar-refractivity contribution is 0.0449. The minimum Gasteiger partial charge on any atom is -0.497 e. The predicted molar refractivity (Wildman–Crippen MR) is 88.7 cm³/mol. The highest BCUT2D eigenvalue weighted by Gasteiger charge is 2.35. The van der Waals surface area contributed by atoms with Crippen LogP contribution in [0.5, 0.6) is 5.75 Å². The molecule has 1 aliphatic heterocycles. The smallest absolute Gasteiger partial charge is 0.118 e. The van der Waals surface area contributed by atoms with Gasteiger partial charge in [-0.3, -0.25) is 4.90 Å². The van der Waals surface area contributed by atoms with Gasteiger partial charge in [-0.1, -0.05) is 32.4 Å². The summed E-state index contributed by atoms with van der Waals surface area (Å²) in [5.41, 5.74) is 1.55. The van der Waals surface area contributed by atoms with Crippen LogP contribution in [0.1, 0.15) is 39.7 Å². The van der Waals surface area contributed by atoms with Gasteiger partial charge >= 0.3 is 0 Å². The summed E-state index contributed by atoms with van der Waals surface area (Å²) in [7, 11) is 1.71. The van der Waals surface area contributed by atoms with E-state index in [2.05, 4.69) is 62.2 Å². The van der Waals surface area contributed by atoms with E-state index < -0.39 is 0 Å². The van der Waals surface area contributed by atoms with Crippen molar-refractivity contribution in [1.82, 2.24) is 10.2 Å². The van der Waals surface area contributed by atoms with Crippen LogP contribution in [0.3, 0.4) is 0 Å². The molecule has 3 nitrogen and oxygen atoms in total. The average molecular weight is 290 g/mol. The maximum absolute atomic E-state index is 5.24. The summed E-state index contributed by atoms with van der Waals surface area (Å²) >= 11 is 0. The van der Waals surface area contributed by atoms with Crippen molar-refractivity contribution in [2.24, 2.45) is 5.92 Å². The van der Waals surface area contributed by atoms with Crippen molar-refractivity contribution >= 4 is 0 Å². The molecule has 1 fully saturated rings. The van der Waals surface area contributed by atoms with Gasteiger partial charge in [-0.25, -0.2) is 0 Å². The number of nitrogens with zero attached hydrogens (tertiary/aromatic N) is 1. The second-order valence-electron chi connectivity index (χ2n) is 6.91. The number of benzene rings is 1. The maximum Gasteiger partial charge on any atom is 0.118 e. The molecule has 1 aromatic carbocycles. The minimum atomic E-state index is 0.198. The molecule has 2 rings (SSSR count). The molecule has 2 atom stereocenters. The maximum atomic E-state index is 5.24. The molecule has 2 unspecified atom stereocenters. The van der Waals surface area contributed by atoms with Crippen LogP contribution in [-0.4, -0.2) is 36.7 Å². The molecule has 1 N–H and O–H groups in total. The molecule has 0 spiro atoms. The van der Waals surface area contributed by atoms with Crippen molar-refractivity contribution < 1.29 is 4.74 Å². The lowest BCUT2D eigenvalue weighted by atomic mass is 9.90. The predicted octanol–water partition coefficient (Wildman–Crippen LogP) is 3.29. The summed E-state index contributed by atoms with van der Waals surface area (Å²) in [6.07, 6.45) is 1.23. The number of hydrogen-bond donors (Lipinski definition) is 1. The van der Waals surface area contributed by atoms with E-state index in [0.717, 1.165) is 31.3 Å². The van der Waals surface area contributed by atoms with Crippen LogP contribution in [0.15, 0.2) is 24.3 Å². The van der Waals surface area contributed by atoms with E-state index >= 15 is 0 Å². The Hall–Kier alpha value is -1.06. The second kappa shape index (κ2) is 6.80. The van der Waals surface area contributed by atoms with E-state index in [0.29, 0.717) is 6.04 Å². The number of ether oxygens (including phenoxy) is 1. The standard InChI is InChI=1S/C18H30N2O/c1-6-14(2)17-12-20(18(3,4)13-19-17)11-15-7-9-16(21-5)10-8-15/h7-10,14,17,19H,6,11-13H2,1-5H3. The third-order valence-corrected chi connectivity index (χ3v) is 4.93. The van der Waals surface area contributed by atoms with Gasteiger partial charge < -0.3 is 10.1 Å². The van der Waals surface area contributed by atoms with E-state index in [-0.39, 0.29) is 5.54 Å². The molecule has 0 saturated carbocycles. The zero-order chi connectivity index (χ0) is 15.5. The molecule has 0 radical (unpaired) electrons. The van der Waals surface area contributed by atoms with Crippen LogP contribution in [0.2, 0.25) is 0 Å². The first kappa shape index (κ1) is 16.3. The third kappa shape index (κ3) is 3.98. The molecule has 0 aromatic heterocycles. The van der Waals surface area contributed by atoms with Crippen LogP contribution in [-0.2, 0) is 6.54 Å². The summed E-state index contributed by atoms with van der Waals surface area (Å²) in [6.45, 7) is 12.5. The first-order chi connectivity index (χ1) is 9.96. The Morgan fingerprint density at radius 1 is 1.33 bits per heavy atom. The van der Waals surface area contributed by atoms with Crippen molar-refractivity contribution in [3.8, 4) is 5.75 Å². The third-order valence-electron chi connectivity index (χ3n) is 4.93. The van der Waals surface area contributed by atoms with Crippen molar-refractivity contribution in [3.63, 3.8) is 0 Å². The molecule has 1 aromatic rings. The topological polar surface area (TPSA) is 24.5 Å². The Balaban J connectivity index is 2.06. The number of hydrogen-bond acceptors (Lipinski definition) is 3. The van der Waals surface area contributed by atoms with Gasteiger partial charge in [-0.2, -0.15) is 0 Å². The first-order valence-corrected chi connectivity index (χ1v) is 8.07. The van der Waals surface area contributed by atoms with Crippen molar-refractivity contribution in [1.29, 1.82) is 0 Å². The van der Waals surface area contributed by atoms with Gasteiger partial charge in [0.1, 0.15) is 5.75 Å². The van der Waals surface area contributed by atoms with E-state index in [9.17, 15) is 0 Å². The Morgan fingerprint density at radius 2 is 2.00 bits per heavy atom. The van der Waals surface area contributed by atoms with Gasteiger partial charge in [0.25, 0.3) is 0 Å². The molecule has 0 aliphatic carbocycles. The number of methoxy groups -OCH3 is 1. The zero-order valence-corrected chi connectivity index (χ0v) is 14.1. The Bertz CT molecular complexity index is 441. The molecule has 1 aliphatic rings. The monoisotopic (exact) mass is 290 g/mol. The molecule has 21 heavy (non-hydrogen) atoms. The highest BCUT2D eigenvalue weighted by Crippen LogP contribution is 2.25. The SMILES string of the molecule is CCC(C)C1CN(Cc2ccc(OC)cc2)C(C)(C)CN1. The lowest BCUT2D eigenvalue weighted by Crippen LogP contribution is -2.62. The van der Waals surface area contributed by atoms with Gasteiger partial charge in [0, 0.05) is 31.2 Å². The summed E-state index contributed by atoms with van der Waals surface area (Å²) in [4.78, 5) is 2.61. The Morgan fingerprint density at radius 3 is 2.57 bits per heavy atom. The quantitative estimate of drug-likeness (QED) is 0.900. The van der Waals surface area contributed by atoms with Crippen molar-refractivity contribution in [2.75, 3.05) is 20.2 Å². The molecule has 0 bridgehead atoms. The second-order valence-corrected chi connectivity index (χ2v) is 6.91. The number of piperazine rings is 1. The van der Waals surface area contributed by atoms with Crippen LogP contribution in [0.25, 0.3) is 0 Å². The Kier molecular flexibility index (Phi) is 5.28. The van der Waals surface area contributed by atoms with Gasteiger partial charge in [-0.05, 0) is 37.5 Å². The largest absolute Gasteiger partial charge is 0.497 e. The molecule has 118 valence electrons.